The Morgan fingerprint density at radius 1 is 1.23 bits per heavy atom. The monoisotopic (exact) mass is 398 g/mol. The minimum atomic E-state index is -3.74. The van der Waals surface area contributed by atoms with Gasteiger partial charge in [0, 0.05) is 6.54 Å². The Kier molecular flexibility index (Phi) is 6.61. The van der Waals surface area contributed by atoms with E-state index in [1.807, 2.05) is 37.3 Å². The molecule has 0 aliphatic rings. The third-order valence-electron chi connectivity index (χ3n) is 3.85. The highest BCUT2D eigenvalue weighted by Crippen LogP contribution is 2.24. The fourth-order valence-electron chi connectivity index (χ4n) is 2.39. The molecule has 2 aromatic rings. The number of hydrogen-bond acceptors (Lipinski definition) is 3. The molecule has 0 saturated carbocycles. The molecule has 0 saturated heterocycles. The number of anilines is 1. The van der Waals surface area contributed by atoms with Crippen LogP contribution in [0.4, 0.5) is 10.1 Å². The number of carbonyl (C=O) groups is 1. The van der Waals surface area contributed by atoms with Crippen LogP contribution >= 0.6 is 11.6 Å². The lowest BCUT2D eigenvalue weighted by molar-refractivity contribution is -0.119. The van der Waals surface area contributed by atoms with Crippen LogP contribution in [0.2, 0.25) is 5.02 Å². The molecule has 0 aliphatic carbocycles. The third-order valence-corrected chi connectivity index (χ3v) is 5.28. The number of sulfonamides is 1. The van der Waals surface area contributed by atoms with Crippen molar-refractivity contribution >= 4 is 33.2 Å². The Bertz CT molecular complexity index is 875. The van der Waals surface area contributed by atoms with Gasteiger partial charge < -0.3 is 5.32 Å². The highest BCUT2D eigenvalue weighted by molar-refractivity contribution is 7.92. The molecular formula is C18H20ClFN2O3S. The van der Waals surface area contributed by atoms with Gasteiger partial charge in [-0.3, -0.25) is 9.10 Å². The van der Waals surface area contributed by atoms with Crippen molar-refractivity contribution in [1.82, 2.24) is 5.32 Å². The van der Waals surface area contributed by atoms with Crippen LogP contribution in [-0.2, 0) is 14.8 Å². The summed E-state index contributed by atoms with van der Waals surface area (Å²) in [5.41, 5.74) is 1.20. The summed E-state index contributed by atoms with van der Waals surface area (Å²) >= 11 is 5.72. The topological polar surface area (TPSA) is 66.5 Å². The Morgan fingerprint density at radius 3 is 2.46 bits per heavy atom. The molecule has 0 fully saturated rings. The van der Waals surface area contributed by atoms with Gasteiger partial charge in [-0.05, 0) is 29.7 Å². The molecule has 2 rings (SSSR count). The van der Waals surface area contributed by atoms with Crippen molar-refractivity contribution in [3.05, 3.63) is 64.9 Å². The fraction of sp³-hybridized carbons (Fsp3) is 0.278. The van der Waals surface area contributed by atoms with Gasteiger partial charge in [-0.15, -0.1) is 0 Å². The maximum Gasteiger partial charge on any atom is 0.240 e. The lowest BCUT2D eigenvalue weighted by Gasteiger charge is -2.22. The van der Waals surface area contributed by atoms with E-state index in [4.69, 9.17) is 11.6 Å². The molecule has 2 aromatic carbocycles. The van der Waals surface area contributed by atoms with Crippen LogP contribution in [0, 0.1) is 5.82 Å². The first-order chi connectivity index (χ1) is 12.2. The molecule has 0 radical (unpaired) electrons. The summed E-state index contributed by atoms with van der Waals surface area (Å²) in [6.07, 6.45) is 0.976. The van der Waals surface area contributed by atoms with Crippen LogP contribution in [0.5, 0.6) is 0 Å². The summed E-state index contributed by atoms with van der Waals surface area (Å²) < 4.78 is 38.3. The first-order valence-electron chi connectivity index (χ1n) is 7.93. The standard InChI is InChI=1S/C18H20ClFN2O3S/c1-13(14-6-4-3-5-7-14)11-21-18(23)12-22(26(2,24)25)15-8-9-17(20)16(19)10-15/h3-10,13H,11-12H2,1-2H3,(H,21,23)/t13-/m0/s1. The maximum atomic E-state index is 13.3. The van der Waals surface area contributed by atoms with Crippen LogP contribution in [0.3, 0.4) is 0 Å². The second kappa shape index (κ2) is 8.51. The number of amides is 1. The summed E-state index contributed by atoms with van der Waals surface area (Å²) in [6, 6.07) is 13.2. The second-order valence-electron chi connectivity index (χ2n) is 5.98. The van der Waals surface area contributed by atoms with Gasteiger partial charge in [-0.25, -0.2) is 12.8 Å². The van der Waals surface area contributed by atoms with Gasteiger partial charge in [0.1, 0.15) is 12.4 Å². The highest BCUT2D eigenvalue weighted by Gasteiger charge is 2.22. The number of nitrogens with one attached hydrogen (secondary N) is 1. The van der Waals surface area contributed by atoms with E-state index in [1.165, 1.54) is 12.1 Å². The van der Waals surface area contributed by atoms with Gasteiger partial charge >= 0.3 is 0 Å². The lowest BCUT2D eigenvalue weighted by Crippen LogP contribution is -2.41. The van der Waals surface area contributed by atoms with Gasteiger partial charge in [0.05, 0.1) is 17.0 Å². The molecule has 0 aromatic heterocycles. The van der Waals surface area contributed by atoms with Crippen LogP contribution in [0.15, 0.2) is 48.5 Å². The Morgan fingerprint density at radius 2 is 1.88 bits per heavy atom. The predicted octanol–water partition coefficient (Wildman–Crippen LogP) is 3.17. The van der Waals surface area contributed by atoms with E-state index >= 15 is 0 Å². The molecule has 26 heavy (non-hydrogen) atoms. The van der Waals surface area contributed by atoms with E-state index in [0.717, 1.165) is 22.2 Å². The van der Waals surface area contributed by atoms with Crippen LogP contribution in [0.1, 0.15) is 18.4 Å². The Balaban J connectivity index is 2.06. The number of rotatable bonds is 7. The molecule has 0 aliphatic heterocycles. The van der Waals surface area contributed by atoms with E-state index in [1.54, 1.807) is 0 Å². The van der Waals surface area contributed by atoms with Crippen LogP contribution in [0.25, 0.3) is 0 Å². The minimum absolute atomic E-state index is 0.0760. The molecule has 0 spiro atoms. The van der Waals surface area contributed by atoms with Crippen molar-refractivity contribution in [2.24, 2.45) is 0 Å². The van der Waals surface area contributed by atoms with Crippen molar-refractivity contribution in [1.29, 1.82) is 0 Å². The molecule has 1 atom stereocenters. The number of nitrogens with zero attached hydrogens (tertiary/aromatic N) is 1. The van der Waals surface area contributed by atoms with Crippen molar-refractivity contribution in [2.75, 3.05) is 23.7 Å². The van der Waals surface area contributed by atoms with Gasteiger partial charge in [0.15, 0.2) is 0 Å². The summed E-state index contributed by atoms with van der Waals surface area (Å²) in [6.45, 7) is 1.91. The smallest absolute Gasteiger partial charge is 0.240 e. The Labute approximate surface area is 157 Å². The summed E-state index contributed by atoms with van der Waals surface area (Å²) in [5, 5.41) is 2.51. The molecule has 1 N–H and O–H groups in total. The largest absolute Gasteiger partial charge is 0.354 e. The fourth-order valence-corrected chi connectivity index (χ4v) is 3.42. The Hall–Kier alpha value is -2.12. The van der Waals surface area contributed by atoms with Gasteiger partial charge in [0.2, 0.25) is 15.9 Å². The van der Waals surface area contributed by atoms with E-state index in [-0.39, 0.29) is 16.6 Å². The third kappa shape index (κ3) is 5.44. The van der Waals surface area contributed by atoms with Crippen LogP contribution < -0.4 is 9.62 Å². The summed E-state index contributed by atoms with van der Waals surface area (Å²) in [5.74, 6) is -1.05. The van der Waals surface area contributed by atoms with Gasteiger partial charge in [-0.1, -0.05) is 48.9 Å². The molecule has 8 heteroatoms. The SMILES string of the molecule is C[C@@H](CNC(=O)CN(c1ccc(F)c(Cl)c1)S(C)(=O)=O)c1ccccc1. The van der Waals surface area contributed by atoms with E-state index in [0.29, 0.717) is 6.54 Å². The normalized spacial score (nSPS) is 12.5. The summed E-state index contributed by atoms with van der Waals surface area (Å²) in [4.78, 5) is 12.2. The van der Waals surface area contributed by atoms with E-state index < -0.39 is 28.3 Å². The minimum Gasteiger partial charge on any atom is -0.354 e. The molecular weight excluding hydrogens is 379 g/mol. The maximum absolute atomic E-state index is 13.3. The molecule has 5 nitrogen and oxygen atoms in total. The molecule has 0 bridgehead atoms. The highest BCUT2D eigenvalue weighted by atomic mass is 35.5. The van der Waals surface area contributed by atoms with Crippen molar-refractivity contribution in [3.63, 3.8) is 0 Å². The first kappa shape index (κ1) is 20.2. The summed E-state index contributed by atoms with van der Waals surface area (Å²) in [7, 11) is -3.74. The average molecular weight is 399 g/mol. The molecule has 0 unspecified atom stereocenters. The van der Waals surface area contributed by atoms with Crippen molar-refractivity contribution in [2.45, 2.75) is 12.8 Å². The zero-order valence-corrected chi connectivity index (χ0v) is 16.0. The second-order valence-corrected chi connectivity index (χ2v) is 8.30. The lowest BCUT2D eigenvalue weighted by atomic mass is 10.0. The van der Waals surface area contributed by atoms with E-state index in [2.05, 4.69) is 5.32 Å². The molecule has 0 heterocycles. The van der Waals surface area contributed by atoms with Crippen LogP contribution in [-0.4, -0.2) is 33.7 Å². The van der Waals surface area contributed by atoms with Gasteiger partial charge in [0.25, 0.3) is 0 Å². The quantitative estimate of drug-likeness (QED) is 0.779. The first-order valence-corrected chi connectivity index (χ1v) is 10.2. The van der Waals surface area contributed by atoms with Crippen molar-refractivity contribution in [3.8, 4) is 0 Å². The predicted molar refractivity (Wildman–Crippen MR) is 101 cm³/mol. The van der Waals surface area contributed by atoms with E-state index in [9.17, 15) is 17.6 Å². The molecule has 140 valence electrons. The zero-order valence-electron chi connectivity index (χ0n) is 14.4. The number of benzene rings is 2. The number of hydrogen-bond donors (Lipinski definition) is 1. The van der Waals surface area contributed by atoms with Gasteiger partial charge in [-0.2, -0.15) is 0 Å². The average Bonchev–Trinajstić information content (AvgIpc) is 2.60. The van der Waals surface area contributed by atoms with Crippen molar-refractivity contribution < 1.29 is 17.6 Å². The number of carbonyl (C=O) groups excluding carboxylic acids is 1. The zero-order chi connectivity index (χ0) is 19.3. The molecule has 1 amide bonds. The number of halogens is 2.